The summed E-state index contributed by atoms with van der Waals surface area (Å²) in [5.41, 5.74) is 2.57. The van der Waals surface area contributed by atoms with Crippen LogP contribution < -0.4 is 4.90 Å². The molecule has 0 saturated carbocycles. The van der Waals surface area contributed by atoms with Crippen molar-refractivity contribution in [2.24, 2.45) is 0 Å². The fraction of sp³-hybridized carbons (Fsp3) is 0.133. The fourth-order valence-electron chi connectivity index (χ4n) is 1.96. The SMILES string of the molecule is CN(C)c1ccc(-c2ccccc2Cl)cc1C(=O)O. The third-order valence-electron chi connectivity index (χ3n) is 2.89. The van der Waals surface area contributed by atoms with Gasteiger partial charge in [-0.25, -0.2) is 4.79 Å². The molecule has 98 valence electrons. The van der Waals surface area contributed by atoms with Crippen LogP contribution in [0.25, 0.3) is 11.1 Å². The number of hydrogen-bond acceptors (Lipinski definition) is 2. The maximum Gasteiger partial charge on any atom is 0.337 e. The summed E-state index contributed by atoms with van der Waals surface area (Å²) < 4.78 is 0. The first-order valence-electron chi connectivity index (χ1n) is 5.80. The molecule has 2 aromatic carbocycles. The highest BCUT2D eigenvalue weighted by atomic mass is 35.5. The van der Waals surface area contributed by atoms with Crippen molar-refractivity contribution >= 4 is 23.3 Å². The molecule has 0 amide bonds. The summed E-state index contributed by atoms with van der Waals surface area (Å²) in [6, 6.07) is 12.7. The highest BCUT2D eigenvalue weighted by Crippen LogP contribution is 2.31. The van der Waals surface area contributed by atoms with Crippen molar-refractivity contribution in [3.8, 4) is 11.1 Å². The van der Waals surface area contributed by atoms with Crippen LogP contribution in [0.15, 0.2) is 42.5 Å². The van der Waals surface area contributed by atoms with Crippen LogP contribution in [-0.4, -0.2) is 25.2 Å². The van der Waals surface area contributed by atoms with Crippen molar-refractivity contribution < 1.29 is 9.90 Å². The molecule has 0 spiro atoms. The van der Waals surface area contributed by atoms with Crippen LogP contribution in [0.5, 0.6) is 0 Å². The van der Waals surface area contributed by atoms with Crippen molar-refractivity contribution in [1.82, 2.24) is 0 Å². The Hall–Kier alpha value is -2.00. The second kappa shape index (κ2) is 5.33. The molecular weight excluding hydrogens is 262 g/mol. The zero-order chi connectivity index (χ0) is 14.0. The van der Waals surface area contributed by atoms with E-state index in [4.69, 9.17) is 11.6 Å². The highest BCUT2D eigenvalue weighted by molar-refractivity contribution is 6.33. The molecule has 3 nitrogen and oxygen atoms in total. The molecule has 0 fully saturated rings. The Balaban J connectivity index is 2.59. The number of hydrogen-bond donors (Lipinski definition) is 1. The lowest BCUT2D eigenvalue weighted by molar-refractivity contribution is 0.0697. The molecule has 0 saturated heterocycles. The van der Waals surface area contributed by atoms with Crippen LogP contribution in [0.4, 0.5) is 5.69 Å². The van der Waals surface area contributed by atoms with Crippen LogP contribution in [0.1, 0.15) is 10.4 Å². The van der Waals surface area contributed by atoms with Gasteiger partial charge in [0.2, 0.25) is 0 Å². The third kappa shape index (κ3) is 2.71. The summed E-state index contributed by atoms with van der Waals surface area (Å²) in [6.07, 6.45) is 0. The van der Waals surface area contributed by atoms with Crippen LogP contribution in [-0.2, 0) is 0 Å². The Bertz CT molecular complexity index is 623. The largest absolute Gasteiger partial charge is 0.478 e. The fourth-order valence-corrected chi connectivity index (χ4v) is 2.21. The minimum Gasteiger partial charge on any atom is -0.478 e. The van der Waals surface area contributed by atoms with Crippen molar-refractivity contribution in [2.45, 2.75) is 0 Å². The Morgan fingerprint density at radius 2 is 1.84 bits per heavy atom. The number of aromatic carboxylic acids is 1. The summed E-state index contributed by atoms with van der Waals surface area (Å²) in [5.74, 6) is -0.947. The van der Waals surface area contributed by atoms with Gasteiger partial charge >= 0.3 is 5.97 Å². The van der Waals surface area contributed by atoms with Gasteiger partial charge in [-0.3, -0.25) is 0 Å². The van der Waals surface area contributed by atoms with E-state index < -0.39 is 5.97 Å². The van der Waals surface area contributed by atoms with Gasteiger partial charge in [-0.05, 0) is 23.8 Å². The van der Waals surface area contributed by atoms with Gasteiger partial charge in [0.05, 0.1) is 11.3 Å². The average Bonchev–Trinajstić information content (AvgIpc) is 2.38. The summed E-state index contributed by atoms with van der Waals surface area (Å²) in [4.78, 5) is 13.1. The maximum absolute atomic E-state index is 11.3. The molecule has 0 aromatic heterocycles. The molecule has 0 heterocycles. The number of carbonyl (C=O) groups is 1. The summed E-state index contributed by atoms with van der Waals surface area (Å²) in [6.45, 7) is 0. The first-order valence-corrected chi connectivity index (χ1v) is 6.18. The Kier molecular flexibility index (Phi) is 3.76. The van der Waals surface area contributed by atoms with Gasteiger partial charge in [-0.15, -0.1) is 0 Å². The number of carboxylic acids is 1. The van der Waals surface area contributed by atoms with E-state index in [1.54, 1.807) is 23.1 Å². The topological polar surface area (TPSA) is 40.5 Å². The molecule has 0 unspecified atom stereocenters. The van der Waals surface area contributed by atoms with E-state index in [1.807, 2.05) is 38.4 Å². The number of halogens is 1. The lowest BCUT2D eigenvalue weighted by Crippen LogP contribution is -2.13. The van der Waals surface area contributed by atoms with Crippen LogP contribution in [0.2, 0.25) is 5.02 Å². The lowest BCUT2D eigenvalue weighted by Gasteiger charge is -2.16. The van der Waals surface area contributed by atoms with Crippen molar-refractivity contribution in [2.75, 3.05) is 19.0 Å². The second-order valence-electron chi connectivity index (χ2n) is 4.41. The quantitative estimate of drug-likeness (QED) is 0.927. The maximum atomic E-state index is 11.3. The first kappa shape index (κ1) is 13.4. The Morgan fingerprint density at radius 3 is 2.42 bits per heavy atom. The van der Waals surface area contributed by atoms with Crippen molar-refractivity contribution in [3.63, 3.8) is 0 Å². The number of benzene rings is 2. The normalized spacial score (nSPS) is 10.3. The number of rotatable bonds is 3. The molecule has 0 aliphatic rings. The first-order chi connectivity index (χ1) is 9.00. The van der Waals surface area contributed by atoms with Gasteiger partial charge in [-0.1, -0.05) is 35.9 Å². The van der Waals surface area contributed by atoms with Gasteiger partial charge in [0, 0.05) is 24.7 Å². The molecule has 2 aromatic rings. The second-order valence-corrected chi connectivity index (χ2v) is 4.82. The van der Waals surface area contributed by atoms with Gasteiger partial charge in [0.1, 0.15) is 0 Å². The van der Waals surface area contributed by atoms with Gasteiger partial charge in [-0.2, -0.15) is 0 Å². The molecule has 0 aliphatic carbocycles. The standard InChI is InChI=1S/C15H14ClNO2/c1-17(2)14-8-7-10(9-12(14)15(18)19)11-5-3-4-6-13(11)16/h3-9H,1-2H3,(H,18,19). The Labute approximate surface area is 117 Å². The zero-order valence-corrected chi connectivity index (χ0v) is 11.5. The molecule has 1 N–H and O–H groups in total. The zero-order valence-electron chi connectivity index (χ0n) is 10.7. The van der Waals surface area contributed by atoms with E-state index >= 15 is 0 Å². The monoisotopic (exact) mass is 275 g/mol. The van der Waals surface area contributed by atoms with E-state index in [-0.39, 0.29) is 5.56 Å². The van der Waals surface area contributed by atoms with Crippen LogP contribution in [0.3, 0.4) is 0 Å². The van der Waals surface area contributed by atoms with E-state index in [0.29, 0.717) is 10.7 Å². The molecular formula is C15H14ClNO2. The average molecular weight is 276 g/mol. The number of nitrogens with zero attached hydrogens (tertiary/aromatic N) is 1. The van der Waals surface area contributed by atoms with Gasteiger partial charge < -0.3 is 10.0 Å². The number of anilines is 1. The van der Waals surface area contributed by atoms with Crippen molar-refractivity contribution in [1.29, 1.82) is 0 Å². The summed E-state index contributed by atoms with van der Waals surface area (Å²) >= 11 is 6.14. The molecule has 0 bridgehead atoms. The predicted octanol–water partition coefficient (Wildman–Crippen LogP) is 3.77. The van der Waals surface area contributed by atoms with Crippen molar-refractivity contribution in [3.05, 3.63) is 53.1 Å². The van der Waals surface area contributed by atoms with E-state index in [1.165, 1.54) is 0 Å². The highest BCUT2D eigenvalue weighted by Gasteiger charge is 2.14. The van der Waals surface area contributed by atoms with Crippen LogP contribution in [0, 0.1) is 0 Å². The molecule has 4 heteroatoms. The minimum absolute atomic E-state index is 0.266. The summed E-state index contributed by atoms with van der Waals surface area (Å²) in [7, 11) is 3.63. The molecule has 0 radical (unpaired) electrons. The summed E-state index contributed by atoms with van der Waals surface area (Å²) in [5, 5.41) is 9.90. The molecule has 0 atom stereocenters. The van der Waals surface area contributed by atoms with E-state index in [2.05, 4.69) is 0 Å². The molecule has 2 rings (SSSR count). The van der Waals surface area contributed by atoms with E-state index in [9.17, 15) is 9.90 Å². The third-order valence-corrected chi connectivity index (χ3v) is 3.22. The molecule has 19 heavy (non-hydrogen) atoms. The minimum atomic E-state index is -0.947. The van der Waals surface area contributed by atoms with Gasteiger partial charge in [0.25, 0.3) is 0 Å². The smallest absolute Gasteiger partial charge is 0.337 e. The van der Waals surface area contributed by atoms with E-state index in [0.717, 1.165) is 11.1 Å². The van der Waals surface area contributed by atoms with Crippen LogP contribution >= 0.6 is 11.6 Å². The number of carboxylic acid groups (broad SMARTS) is 1. The molecule has 0 aliphatic heterocycles. The Morgan fingerprint density at radius 1 is 1.16 bits per heavy atom. The predicted molar refractivity (Wildman–Crippen MR) is 78.2 cm³/mol. The lowest BCUT2D eigenvalue weighted by atomic mass is 10.0. The van der Waals surface area contributed by atoms with Gasteiger partial charge in [0.15, 0.2) is 0 Å².